The molecule has 4 saturated heterocycles. The molecule has 0 aromatic rings. The first-order chi connectivity index (χ1) is 31.6. The molecule has 0 aromatic heterocycles. The van der Waals surface area contributed by atoms with Gasteiger partial charge in [0.2, 0.25) is 0 Å². The summed E-state index contributed by atoms with van der Waals surface area (Å²) in [5.41, 5.74) is -3.75. The van der Waals surface area contributed by atoms with Gasteiger partial charge in [0.25, 0.3) is 0 Å². The molecule has 23 heteroatoms. The number of aliphatic carboxylic acids is 1. The summed E-state index contributed by atoms with van der Waals surface area (Å²) in [6, 6.07) is 0. The van der Waals surface area contributed by atoms with Crippen LogP contribution in [-0.4, -0.2) is 237 Å². The molecule has 23 nitrogen and oxygen atoms in total. The third-order valence-corrected chi connectivity index (χ3v) is 17.6. The second-order valence-corrected chi connectivity index (χ2v) is 21.0. The molecule has 27 atom stereocenters. The van der Waals surface area contributed by atoms with Gasteiger partial charge in [0, 0.05) is 0 Å². The standard InChI is InChI=1S/C44H70O23/c1-16-10-43-15-44(16,67-39-36(31(56)27(52)21(14-48)64-39)66-38-33(58)29(54)25(50)20(13-47)63-38)8-5-22(43)41(2)6-4-7-42(3,40(59)60)23(41)9-17(43)34-35(30(55)26(51)18(11-45)61-34)65-37-32(57)28(53)24(49)19(12-46)62-37/h17-39,45-58H,1,4-15H2,2-3H3,(H,59,60)/t17?,18-,19-,20-,21-,22-,23+,24-,25-,26-,27-,28+,29+,30+,31+,32-,33-,34+,35-,36-,37+,38+,39+,41+,42-,43+,44+/m1/s1. The Hall–Kier alpha value is -1.63. The highest BCUT2D eigenvalue weighted by Gasteiger charge is 2.74. The largest absolute Gasteiger partial charge is 0.481 e. The highest BCUT2D eigenvalue weighted by Crippen LogP contribution is 2.76. The van der Waals surface area contributed by atoms with Crippen molar-refractivity contribution in [3.8, 4) is 0 Å². The number of hydrogen-bond acceptors (Lipinski definition) is 22. The van der Waals surface area contributed by atoms with Crippen LogP contribution in [0.1, 0.15) is 65.2 Å². The zero-order chi connectivity index (χ0) is 48.9. The Morgan fingerprint density at radius 1 is 0.612 bits per heavy atom. The summed E-state index contributed by atoms with van der Waals surface area (Å²) in [6.45, 7) is 5.14. The van der Waals surface area contributed by atoms with Gasteiger partial charge in [0.1, 0.15) is 97.7 Å². The van der Waals surface area contributed by atoms with Crippen LogP contribution in [0.15, 0.2) is 12.2 Å². The Morgan fingerprint density at radius 2 is 1.09 bits per heavy atom. The van der Waals surface area contributed by atoms with Gasteiger partial charge in [0.15, 0.2) is 18.9 Å². The molecule has 8 fully saturated rings. The van der Waals surface area contributed by atoms with Crippen molar-refractivity contribution in [2.75, 3.05) is 26.4 Å². The number of hydrogen-bond donors (Lipinski definition) is 15. The molecule has 8 aliphatic rings. The summed E-state index contributed by atoms with van der Waals surface area (Å²) in [5.74, 6) is -2.68. The number of carbonyl (C=O) groups is 1. The molecule has 4 aliphatic heterocycles. The molecular formula is C44H70O23. The highest BCUT2D eigenvalue weighted by molar-refractivity contribution is 5.75. The molecule has 0 aromatic carbocycles. The van der Waals surface area contributed by atoms with Crippen molar-refractivity contribution in [1.82, 2.24) is 0 Å². The molecule has 15 N–H and O–H groups in total. The summed E-state index contributed by atoms with van der Waals surface area (Å²) in [5, 5.41) is 162. The van der Waals surface area contributed by atoms with E-state index in [0.29, 0.717) is 31.3 Å². The first kappa shape index (κ1) is 51.7. The fourth-order valence-corrected chi connectivity index (χ4v) is 14.0. The molecule has 1 spiro atoms. The molecule has 0 amide bonds. The minimum Gasteiger partial charge on any atom is -0.481 e. The van der Waals surface area contributed by atoms with Crippen molar-refractivity contribution >= 4 is 5.97 Å². The number of rotatable bonds is 12. The van der Waals surface area contributed by atoms with Gasteiger partial charge in [-0.1, -0.05) is 19.9 Å². The number of carboxylic acid groups (broad SMARTS) is 1. The van der Waals surface area contributed by atoms with Gasteiger partial charge in [-0.15, -0.1) is 0 Å². The Bertz CT molecular complexity index is 1770. The average Bonchev–Trinajstić information content (AvgIpc) is 3.50. The van der Waals surface area contributed by atoms with E-state index in [4.69, 9.17) is 33.2 Å². The first-order valence-corrected chi connectivity index (χ1v) is 23.3. The fraction of sp³-hybridized carbons (Fsp3) is 0.932. The Kier molecular flexibility index (Phi) is 14.7. The summed E-state index contributed by atoms with van der Waals surface area (Å²) < 4.78 is 43.2. The zero-order valence-corrected chi connectivity index (χ0v) is 37.4. The number of fused-ring (bicyclic) bond motifs is 3. The molecule has 2 bridgehead atoms. The van der Waals surface area contributed by atoms with Gasteiger partial charge < -0.3 is 110 Å². The van der Waals surface area contributed by atoms with Crippen molar-refractivity contribution in [2.24, 2.45) is 34.0 Å². The molecule has 4 heterocycles. The molecule has 4 saturated carbocycles. The van der Waals surface area contributed by atoms with Crippen molar-refractivity contribution < 1.29 is 115 Å². The molecular weight excluding hydrogens is 896 g/mol. The van der Waals surface area contributed by atoms with E-state index in [1.807, 2.05) is 0 Å². The third kappa shape index (κ3) is 8.24. The summed E-state index contributed by atoms with van der Waals surface area (Å²) in [6.07, 6.45) is -31.3. The molecule has 0 radical (unpaired) electrons. The van der Waals surface area contributed by atoms with Crippen molar-refractivity contribution in [1.29, 1.82) is 0 Å². The minimum absolute atomic E-state index is 0.102. The topological polar surface area (TPSA) is 385 Å². The van der Waals surface area contributed by atoms with Crippen LogP contribution in [0.3, 0.4) is 0 Å². The van der Waals surface area contributed by atoms with E-state index in [-0.39, 0.29) is 31.6 Å². The molecule has 4 aliphatic carbocycles. The number of aliphatic hydroxyl groups excluding tert-OH is 14. The predicted molar refractivity (Wildman–Crippen MR) is 219 cm³/mol. The quantitative estimate of drug-likeness (QED) is 0.0641. The van der Waals surface area contributed by atoms with Gasteiger partial charge in [-0.05, 0) is 86.0 Å². The summed E-state index contributed by atoms with van der Waals surface area (Å²) in [7, 11) is 0. The maximum Gasteiger partial charge on any atom is 0.309 e. The van der Waals surface area contributed by atoms with E-state index in [0.717, 1.165) is 0 Å². The highest BCUT2D eigenvalue weighted by atomic mass is 16.8. The van der Waals surface area contributed by atoms with Gasteiger partial charge in [-0.2, -0.15) is 0 Å². The lowest BCUT2D eigenvalue weighted by Crippen LogP contribution is -2.70. The normalized spacial score (nSPS) is 55.7. The van der Waals surface area contributed by atoms with Crippen LogP contribution >= 0.6 is 0 Å². The van der Waals surface area contributed by atoms with Crippen LogP contribution in [0.25, 0.3) is 0 Å². The Morgan fingerprint density at radius 3 is 1.61 bits per heavy atom. The van der Waals surface area contributed by atoms with Gasteiger partial charge in [0.05, 0.1) is 43.5 Å². The lowest BCUT2D eigenvalue weighted by atomic mass is 9.37. The monoisotopic (exact) mass is 966 g/mol. The maximum absolute atomic E-state index is 13.4. The van der Waals surface area contributed by atoms with E-state index in [1.165, 1.54) is 0 Å². The minimum atomic E-state index is -1.93. The van der Waals surface area contributed by atoms with Crippen LogP contribution in [-0.2, 0) is 38.0 Å². The van der Waals surface area contributed by atoms with Crippen LogP contribution in [0.5, 0.6) is 0 Å². The number of carboxylic acids is 1. The molecule has 67 heavy (non-hydrogen) atoms. The Balaban J connectivity index is 1.20. The van der Waals surface area contributed by atoms with Crippen molar-refractivity contribution in [2.45, 2.75) is 193 Å². The smallest absolute Gasteiger partial charge is 0.309 e. The maximum atomic E-state index is 13.4. The lowest BCUT2D eigenvalue weighted by Gasteiger charge is -2.68. The van der Waals surface area contributed by atoms with Crippen molar-refractivity contribution in [3.63, 3.8) is 0 Å². The van der Waals surface area contributed by atoms with E-state index in [1.54, 1.807) is 6.92 Å². The van der Waals surface area contributed by atoms with Crippen LogP contribution in [0.4, 0.5) is 0 Å². The van der Waals surface area contributed by atoms with E-state index in [9.17, 15) is 81.4 Å². The van der Waals surface area contributed by atoms with Gasteiger partial charge in [-0.3, -0.25) is 4.79 Å². The lowest BCUT2D eigenvalue weighted by molar-refractivity contribution is -0.379. The fourth-order valence-electron chi connectivity index (χ4n) is 14.0. The summed E-state index contributed by atoms with van der Waals surface area (Å²) >= 11 is 0. The van der Waals surface area contributed by atoms with Gasteiger partial charge in [-0.25, -0.2) is 0 Å². The second kappa shape index (κ2) is 19.1. The SMILES string of the molecule is C=C1C[C@@]23C[C@@]1(O[C@@H]1O[C@H](CO)[C@@H](O)[C@H](O)[C@H]1O[C@@H]1O[C@H](CO)[C@@H](O)[C@H](O)[C@H]1O)CC[C@@H]2[C@]1(C)CCC[C@@](C)(C(=O)O)[C@H]1CC3[C@@H]1O[C@H](CO)[C@@H](O)[C@H](O)[C@H]1O[C@@H]1O[C@H](CO)[C@@H](O)[C@H](O)[C@H]1O. The molecule has 384 valence electrons. The number of aliphatic hydroxyl groups is 14. The first-order valence-electron chi connectivity index (χ1n) is 23.3. The second-order valence-electron chi connectivity index (χ2n) is 21.0. The zero-order valence-electron chi connectivity index (χ0n) is 37.4. The molecule has 1 unspecified atom stereocenters. The van der Waals surface area contributed by atoms with E-state index in [2.05, 4.69) is 13.5 Å². The summed E-state index contributed by atoms with van der Waals surface area (Å²) in [4.78, 5) is 13.4. The van der Waals surface area contributed by atoms with Crippen LogP contribution in [0, 0.1) is 34.0 Å². The van der Waals surface area contributed by atoms with Gasteiger partial charge >= 0.3 is 5.97 Å². The van der Waals surface area contributed by atoms with E-state index >= 15 is 0 Å². The molecule has 8 rings (SSSR count). The van der Waals surface area contributed by atoms with Crippen LogP contribution in [0.2, 0.25) is 0 Å². The Labute approximate surface area is 386 Å². The van der Waals surface area contributed by atoms with E-state index < -0.39 is 189 Å². The number of ether oxygens (including phenoxy) is 7. The third-order valence-electron chi connectivity index (χ3n) is 17.6. The van der Waals surface area contributed by atoms with Crippen molar-refractivity contribution in [3.05, 3.63) is 12.2 Å². The van der Waals surface area contributed by atoms with Crippen LogP contribution < -0.4 is 0 Å². The predicted octanol–water partition coefficient (Wildman–Crippen LogP) is -5.30. The average molecular weight is 967 g/mol.